The topological polar surface area (TPSA) is 89.3 Å². The van der Waals surface area contributed by atoms with Crippen LogP contribution in [-0.4, -0.2) is 13.3 Å². The molecule has 0 aliphatic heterocycles. The maximum atomic E-state index is 12.4. The Morgan fingerprint density at radius 1 is 1.09 bits per heavy atom. The summed E-state index contributed by atoms with van der Waals surface area (Å²) in [5, 5.41) is 13.8. The molecular weight excluding hydrogens is 336 g/mol. The van der Waals surface area contributed by atoms with E-state index in [1.54, 1.807) is 0 Å². The van der Waals surface area contributed by atoms with Gasteiger partial charge in [0.25, 0.3) is 5.69 Å². The van der Waals surface area contributed by atoms with Crippen molar-refractivity contribution in [3.63, 3.8) is 0 Å². The Labute approximate surface area is 136 Å². The van der Waals surface area contributed by atoms with Gasteiger partial charge in [-0.25, -0.2) is 13.1 Å². The predicted molar refractivity (Wildman–Crippen MR) is 88.9 cm³/mol. The van der Waals surface area contributed by atoms with Gasteiger partial charge in [0.1, 0.15) is 0 Å². The Hall–Kier alpha value is -2.29. The molecule has 1 aromatic heterocycles. The lowest BCUT2D eigenvalue weighted by Gasteiger charge is -2.07. The highest BCUT2D eigenvalue weighted by molar-refractivity contribution is 7.89. The number of benzene rings is 2. The van der Waals surface area contributed by atoms with E-state index in [-0.39, 0.29) is 11.4 Å². The van der Waals surface area contributed by atoms with Gasteiger partial charge in [-0.1, -0.05) is 30.3 Å². The van der Waals surface area contributed by atoms with Gasteiger partial charge in [0, 0.05) is 17.3 Å². The molecule has 0 saturated carbocycles. The highest BCUT2D eigenvalue weighted by atomic mass is 32.2. The summed E-state index contributed by atoms with van der Waals surface area (Å²) < 4.78 is 28.3. The van der Waals surface area contributed by atoms with E-state index in [1.807, 2.05) is 29.6 Å². The Morgan fingerprint density at radius 3 is 2.57 bits per heavy atom. The number of thiophene rings is 1. The zero-order valence-electron chi connectivity index (χ0n) is 11.8. The van der Waals surface area contributed by atoms with E-state index in [1.165, 1.54) is 35.6 Å². The molecule has 0 atom stereocenters. The van der Waals surface area contributed by atoms with Crippen molar-refractivity contribution in [1.29, 1.82) is 0 Å². The van der Waals surface area contributed by atoms with Gasteiger partial charge >= 0.3 is 0 Å². The van der Waals surface area contributed by atoms with Crippen molar-refractivity contribution >= 4 is 37.1 Å². The van der Waals surface area contributed by atoms with Gasteiger partial charge < -0.3 is 0 Å². The van der Waals surface area contributed by atoms with Crippen molar-refractivity contribution in [2.45, 2.75) is 11.4 Å². The fourth-order valence-corrected chi connectivity index (χ4v) is 4.39. The lowest BCUT2D eigenvalue weighted by Crippen LogP contribution is -2.23. The van der Waals surface area contributed by atoms with E-state index < -0.39 is 20.6 Å². The van der Waals surface area contributed by atoms with Gasteiger partial charge in [0.15, 0.2) is 4.90 Å². The lowest BCUT2D eigenvalue weighted by atomic mass is 10.2. The first kappa shape index (κ1) is 15.6. The normalized spacial score (nSPS) is 11.7. The minimum Gasteiger partial charge on any atom is -0.258 e. The van der Waals surface area contributed by atoms with Crippen LogP contribution in [0.4, 0.5) is 5.69 Å². The lowest BCUT2D eigenvalue weighted by molar-refractivity contribution is -0.387. The molecule has 0 radical (unpaired) electrons. The number of nitrogens with one attached hydrogen (secondary N) is 1. The number of fused-ring (bicyclic) bond motifs is 1. The molecular formula is C15H12N2O4S2. The maximum absolute atomic E-state index is 12.4. The van der Waals surface area contributed by atoms with Crippen molar-refractivity contribution in [3.05, 3.63) is 69.6 Å². The average molecular weight is 348 g/mol. The van der Waals surface area contributed by atoms with E-state index in [2.05, 4.69) is 4.72 Å². The van der Waals surface area contributed by atoms with Crippen molar-refractivity contribution in [2.75, 3.05) is 0 Å². The zero-order chi connectivity index (χ0) is 16.4. The van der Waals surface area contributed by atoms with E-state index in [4.69, 9.17) is 0 Å². The van der Waals surface area contributed by atoms with Gasteiger partial charge in [-0.2, -0.15) is 0 Å². The van der Waals surface area contributed by atoms with E-state index in [0.717, 1.165) is 15.6 Å². The smallest absolute Gasteiger partial charge is 0.258 e. The number of nitrogens with zero attached hydrogens (tertiary/aromatic N) is 1. The van der Waals surface area contributed by atoms with Gasteiger partial charge in [-0.15, -0.1) is 11.3 Å². The minimum absolute atomic E-state index is 0.0817. The molecule has 0 amide bonds. The number of hydrogen-bond acceptors (Lipinski definition) is 5. The number of sulfonamides is 1. The minimum atomic E-state index is -3.97. The Kier molecular flexibility index (Phi) is 4.12. The van der Waals surface area contributed by atoms with Crippen LogP contribution in [0.15, 0.2) is 58.8 Å². The predicted octanol–water partition coefficient (Wildman–Crippen LogP) is 3.29. The third kappa shape index (κ3) is 3.09. The molecule has 3 aromatic rings. The molecule has 0 unspecified atom stereocenters. The molecule has 0 aliphatic rings. The summed E-state index contributed by atoms with van der Waals surface area (Å²) in [7, 11) is -3.97. The van der Waals surface area contributed by atoms with Crippen molar-refractivity contribution in [2.24, 2.45) is 0 Å². The first-order valence-electron chi connectivity index (χ1n) is 6.67. The molecule has 0 spiro atoms. The highest BCUT2D eigenvalue weighted by Gasteiger charge is 2.24. The fraction of sp³-hybridized carbons (Fsp3) is 0.0667. The van der Waals surface area contributed by atoms with Crippen molar-refractivity contribution < 1.29 is 13.3 Å². The van der Waals surface area contributed by atoms with Crippen LogP contribution in [0.1, 0.15) is 5.56 Å². The van der Waals surface area contributed by atoms with Crippen LogP contribution >= 0.6 is 11.3 Å². The number of nitro groups is 1. The molecule has 8 heteroatoms. The number of para-hydroxylation sites is 1. The molecule has 0 aliphatic carbocycles. The molecule has 1 N–H and O–H groups in total. The third-order valence-electron chi connectivity index (χ3n) is 3.37. The summed E-state index contributed by atoms with van der Waals surface area (Å²) in [4.78, 5) is 9.96. The second-order valence-electron chi connectivity index (χ2n) is 4.81. The Bertz CT molecular complexity index is 980. The zero-order valence-corrected chi connectivity index (χ0v) is 13.4. The molecule has 0 saturated heterocycles. The fourth-order valence-electron chi connectivity index (χ4n) is 2.26. The molecule has 0 bridgehead atoms. The van der Waals surface area contributed by atoms with Crippen LogP contribution < -0.4 is 4.72 Å². The van der Waals surface area contributed by atoms with E-state index in [0.29, 0.717) is 0 Å². The standard InChI is InChI=1S/C15H12N2O4S2/c18-17(19)13-6-2-4-8-15(13)23(20,21)16-9-11-10-22-14-7-3-1-5-12(11)14/h1-8,10,16H,9H2. The summed E-state index contributed by atoms with van der Waals surface area (Å²) in [6.07, 6.45) is 0. The van der Waals surface area contributed by atoms with Crippen LogP contribution in [-0.2, 0) is 16.6 Å². The van der Waals surface area contributed by atoms with E-state index >= 15 is 0 Å². The second kappa shape index (κ2) is 6.07. The number of hydrogen-bond donors (Lipinski definition) is 1. The monoisotopic (exact) mass is 348 g/mol. The number of nitro benzene ring substituents is 1. The summed E-state index contributed by atoms with van der Waals surface area (Å²) in [5.74, 6) is 0. The van der Waals surface area contributed by atoms with Gasteiger partial charge in [-0.3, -0.25) is 10.1 Å². The first-order valence-corrected chi connectivity index (χ1v) is 9.03. The molecule has 1 heterocycles. The SMILES string of the molecule is O=[N+]([O-])c1ccccc1S(=O)(=O)NCc1csc2ccccc12. The van der Waals surface area contributed by atoms with Gasteiger partial charge in [0.2, 0.25) is 10.0 Å². The summed E-state index contributed by atoms with van der Waals surface area (Å²) in [6.45, 7) is 0.0817. The van der Waals surface area contributed by atoms with E-state index in [9.17, 15) is 18.5 Å². The first-order chi connectivity index (χ1) is 11.0. The highest BCUT2D eigenvalue weighted by Crippen LogP contribution is 2.27. The average Bonchev–Trinajstić information content (AvgIpc) is 2.96. The number of rotatable bonds is 5. The molecule has 0 fully saturated rings. The van der Waals surface area contributed by atoms with Crippen molar-refractivity contribution in [3.8, 4) is 0 Å². The van der Waals surface area contributed by atoms with Crippen LogP contribution in [0.25, 0.3) is 10.1 Å². The maximum Gasteiger partial charge on any atom is 0.289 e. The van der Waals surface area contributed by atoms with Crippen LogP contribution in [0.5, 0.6) is 0 Å². The van der Waals surface area contributed by atoms with Crippen LogP contribution in [0.3, 0.4) is 0 Å². The molecule has 23 heavy (non-hydrogen) atoms. The Morgan fingerprint density at radius 2 is 1.78 bits per heavy atom. The largest absolute Gasteiger partial charge is 0.289 e. The van der Waals surface area contributed by atoms with Gasteiger partial charge in [0.05, 0.1) is 4.92 Å². The quantitative estimate of drug-likeness (QED) is 0.566. The van der Waals surface area contributed by atoms with Gasteiger partial charge in [-0.05, 0) is 28.5 Å². The molecule has 2 aromatic carbocycles. The van der Waals surface area contributed by atoms with Crippen LogP contribution in [0, 0.1) is 10.1 Å². The molecule has 118 valence electrons. The van der Waals surface area contributed by atoms with Crippen LogP contribution in [0.2, 0.25) is 0 Å². The van der Waals surface area contributed by atoms with Crippen molar-refractivity contribution in [1.82, 2.24) is 4.72 Å². The third-order valence-corrected chi connectivity index (χ3v) is 5.83. The molecule has 3 rings (SSSR count). The molecule has 6 nitrogen and oxygen atoms in total. The second-order valence-corrected chi connectivity index (χ2v) is 7.45. The Balaban J connectivity index is 1.89. The summed E-state index contributed by atoms with van der Waals surface area (Å²) >= 11 is 1.53. The summed E-state index contributed by atoms with van der Waals surface area (Å²) in [6, 6.07) is 13.0. The summed E-state index contributed by atoms with van der Waals surface area (Å²) in [5.41, 5.74) is 0.405.